The summed E-state index contributed by atoms with van der Waals surface area (Å²) in [5, 5.41) is 10.1. The third-order valence-corrected chi connectivity index (χ3v) is 5.41. The standard InChI is InChI=1S/C17H24NO3/c1-18(2)13-8-9-14(18)11-15(10-13)21-17(20)16(19)12-6-4-3-5-7-12/h3-7,13-16,19H,8-11H2,1-2H3/q+1/t13-,14?,15?,16?/m0/s1. The van der Waals surface area contributed by atoms with Gasteiger partial charge in [0.2, 0.25) is 0 Å². The Morgan fingerprint density at radius 3 is 2.33 bits per heavy atom. The first kappa shape index (κ1) is 14.5. The topological polar surface area (TPSA) is 46.5 Å². The first-order valence-corrected chi connectivity index (χ1v) is 7.75. The van der Waals surface area contributed by atoms with Crippen LogP contribution < -0.4 is 0 Å². The molecule has 1 N–H and O–H groups in total. The van der Waals surface area contributed by atoms with Gasteiger partial charge < -0.3 is 14.3 Å². The maximum absolute atomic E-state index is 12.1. The number of rotatable bonds is 3. The van der Waals surface area contributed by atoms with E-state index in [9.17, 15) is 9.90 Å². The van der Waals surface area contributed by atoms with E-state index in [2.05, 4.69) is 14.1 Å². The van der Waals surface area contributed by atoms with Crippen LogP contribution in [0.15, 0.2) is 30.3 Å². The van der Waals surface area contributed by atoms with Crippen molar-refractivity contribution < 1.29 is 19.1 Å². The lowest BCUT2D eigenvalue weighted by molar-refractivity contribution is -0.931. The van der Waals surface area contributed by atoms with E-state index in [1.54, 1.807) is 12.1 Å². The molecular weight excluding hydrogens is 266 g/mol. The van der Waals surface area contributed by atoms with Gasteiger partial charge in [0, 0.05) is 25.7 Å². The number of fused-ring (bicyclic) bond motifs is 2. The van der Waals surface area contributed by atoms with Crippen LogP contribution in [0.5, 0.6) is 0 Å². The number of aliphatic hydroxyl groups is 1. The molecule has 0 spiro atoms. The van der Waals surface area contributed by atoms with Gasteiger partial charge in [-0.05, 0) is 5.56 Å². The molecule has 2 bridgehead atoms. The molecular formula is C17H24NO3+. The van der Waals surface area contributed by atoms with Crippen LogP contribution in [0.4, 0.5) is 0 Å². The second-order valence-corrected chi connectivity index (χ2v) is 6.86. The van der Waals surface area contributed by atoms with Crippen molar-refractivity contribution in [2.75, 3.05) is 14.1 Å². The number of nitrogens with zero attached hydrogens (tertiary/aromatic N) is 1. The smallest absolute Gasteiger partial charge is 0.339 e. The van der Waals surface area contributed by atoms with Gasteiger partial charge in [0.1, 0.15) is 6.10 Å². The number of carbonyl (C=O) groups excluding carboxylic acids is 1. The van der Waals surface area contributed by atoms with Gasteiger partial charge in [0.25, 0.3) is 0 Å². The van der Waals surface area contributed by atoms with Crippen molar-refractivity contribution in [3.63, 3.8) is 0 Å². The van der Waals surface area contributed by atoms with Crippen molar-refractivity contribution in [3.8, 4) is 0 Å². The zero-order valence-electron chi connectivity index (χ0n) is 12.7. The SMILES string of the molecule is C[N+]1(C)C2CC[C@H]1CC(OC(=O)C(O)c1ccccc1)C2. The van der Waals surface area contributed by atoms with Crippen molar-refractivity contribution in [2.45, 2.75) is 50.0 Å². The lowest BCUT2D eigenvalue weighted by atomic mass is 9.97. The van der Waals surface area contributed by atoms with Crippen LogP contribution in [0.1, 0.15) is 37.4 Å². The molecule has 1 aromatic rings. The lowest BCUT2D eigenvalue weighted by Crippen LogP contribution is -2.56. The Balaban J connectivity index is 1.62. The quantitative estimate of drug-likeness (QED) is 0.684. The number of esters is 1. The van der Waals surface area contributed by atoms with Gasteiger partial charge in [0.05, 0.1) is 26.2 Å². The van der Waals surface area contributed by atoms with Crippen LogP contribution in [-0.4, -0.2) is 47.8 Å². The molecule has 2 aliphatic rings. The molecule has 21 heavy (non-hydrogen) atoms. The number of hydrogen-bond donors (Lipinski definition) is 1. The van der Waals surface area contributed by atoms with Crippen LogP contribution in [0.2, 0.25) is 0 Å². The van der Waals surface area contributed by atoms with Crippen LogP contribution >= 0.6 is 0 Å². The van der Waals surface area contributed by atoms with Crippen molar-refractivity contribution in [3.05, 3.63) is 35.9 Å². The molecule has 3 rings (SSSR count). The van der Waals surface area contributed by atoms with Crippen molar-refractivity contribution in [2.24, 2.45) is 0 Å². The van der Waals surface area contributed by atoms with E-state index in [1.807, 2.05) is 18.2 Å². The summed E-state index contributed by atoms with van der Waals surface area (Å²) in [5.74, 6) is -0.516. The molecule has 3 unspecified atom stereocenters. The average molecular weight is 290 g/mol. The maximum Gasteiger partial charge on any atom is 0.339 e. The highest BCUT2D eigenvalue weighted by Crippen LogP contribution is 2.40. The maximum atomic E-state index is 12.1. The zero-order chi connectivity index (χ0) is 15.0. The number of benzene rings is 1. The van der Waals surface area contributed by atoms with Crippen molar-refractivity contribution in [1.29, 1.82) is 0 Å². The molecule has 0 aliphatic carbocycles. The van der Waals surface area contributed by atoms with Gasteiger partial charge in [0.15, 0.2) is 6.10 Å². The molecule has 4 atom stereocenters. The predicted molar refractivity (Wildman–Crippen MR) is 79.4 cm³/mol. The molecule has 0 aromatic heterocycles. The van der Waals surface area contributed by atoms with E-state index >= 15 is 0 Å². The Morgan fingerprint density at radius 1 is 1.19 bits per heavy atom. The molecule has 4 heteroatoms. The normalized spacial score (nSPS) is 31.7. The highest BCUT2D eigenvalue weighted by molar-refractivity contribution is 5.76. The predicted octanol–water partition coefficient (Wildman–Crippen LogP) is 2.03. The van der Waals surface area contributed by atoms with E-state index in [0.717, 1.165) is 17.3 Å². The van der Waals surface area contributed by atoms with E-state index < -0.39 is 12.1 Å². The van der Waals surface area contributed by atoms with Gasteiger partial charge in [-0.2, -0.15) is 0 Å². The fourth-order valence-electron chi connectivity index (χ4n) is 3.93. The summed E-state index contributed by atoms with van der Waals surface area (Å²) >= 11 is 0. The number of ether oxygens (including phenoxy) is 1. The number of piperidine rings is 1. The first-order chi connectivity index (χ1) is 9.98. The largest absolute Gasteiger partial charge is 0.460 e. The third kappa shape index (κ3) is 2.70. The molecule has 0 amide bonds. The van der Waals surface area contributed by atoms with Gasteiger partial charge >= 0.3 is 5.97 Å². The Kier molecular flexibility index (Phi) is 3.76. The third-order valence-electron chi connectivity index (χ3n) is 5.41. The number of hydrogen-bond acceptors (Lipinski definition) is 3. The molecule has 2 heterocycles. The van der Waals surface area contributed by atoms with E-state index in [-0.39, 0.29) is 6.10 Å². The number of carbonyl (C=O) groups is 1. The summed E-state index contributed by atoms with van der Waals surface area (Å²) in [5.41, 5.74) is 0.595. The van der Waals surface area contributed by atoms with Gasteiger partial charge in [-0.3, -0.25) is 0 Å². The molecule has 2 saturated heterocycles. The minimum absolute atomic E-state index is 0.0421. The minimum atomic E-state index is -1.17. The monoisotopic (exact) mass is 290 g/mol. The number of aliphatic hydroxyl groups excluding tert-OH is 1. The van der Waals surface area contributed by atoms with E-state index in [1.165, 1.54) is 12.8 Å². The van der Waals surface area contributed by atoms with Gasteiger partial charge in [-0.25, -0.2) is 4.79 Å². The molecule has 1 aromatic carbocycles. The van der Waals surface area contributed by atoms with Gasteiger partial charge in [-0.15, -0.1) is 0 Å². The second kappa shape index (κ2) is 5.43. The summed E-state index contributed by atoms with van der Waals surface area (Å²) < 4.78 is 6.63. The fourth-order valence-corrected chi connectivity index (χ4v) is 3.93. The highest BCUT2D eigenvalue weighted by Gasteiger charge is 2.50. The number of quaternary nitrogens is 1. The summed E-state index contributed by atoms with van der Waals surface area (Å²) in [4.78, 5) is 12.1. The Hall–Kier alpha value is -1.39. The molecule has 2 aliphatic heterocycles. The van der Waals surface area contributed by atoms with Crippen LogP contribution in [0.3, 0.4) is 0 Å². The highest BCUT2D eigenvalue weighted by atomic mass is 16.6. The minimum Gasteiger partial charge on any atom is -0.460 e. The van der Waals surface area contributed by atoms with Crippen molar-refractivity contribution >= 4 is 5.97 Å². The molecule has 4 nitrogen and oxygen atoms in total. The van der Waals surface area contributed by atoms with Crippen LogP contribution in [0, 0.1) is 0 Å². The Bertz CT molecular complexity index is 498. The fraction of sp³-hybridized carbons (Fsp3) is 0.588. The second-order valence-electron chi connectivity index (χ2n) is 6.86. The summed E-state index contributed by atoms with van der Waals surface area (Å²) in [7, 11) is 4.55. The summed E-state index contributed by atoms with van der Waals surface area (Å²) in [6.45, 7) is 0. The Labute approximate surface area is 125 Å². The lowest BCUT2D eigenvalue weighted by Gasteiger charge is -2.43. The molecule has 0 radical (unpaired) electrons. The van der Waals surface area contributed by atoms with Gasteiger partial charge in [-0.1, -0.05) is 30.3 Å². The van der Waals surface area contributed by atoms with Crippen molar-refractivity contribution in [1.82, 2.24) is 0 Å². The summed E-state index contributed by atoms with van der Waals surface area (Å²) in [6.07, 6.45) is 3.04. The molecule has 0 saturated carbocycles. The van der Waals surface area contributed by atoms with E-state index in [4.69, 9.17) is 4.74 Å². The van der Waals surface area contributed by atoms with Crippen LogP contribution in [-0.2, 0) is 9.53 Å². The Morgan fingerprint density at radius 2 is 1.76 bits per heavy atom. The van der Waals surface area contributed by atoms with E-state index in [0.29, 0.717) is 17.6 Å². The average Bonchev–Trinajstić information content (AvgIpc) is 2.67. The summed E-state index contributed by atoms with van der Waals surface area (Å²) in [6, 6.07) is 10.1. The molecule has 2 fully saturated rings. The molecule has 114 valence electrons. The first-order valence-electron chi connectivity index (χ1n) is 7.75. The zero-order valence-corrected chi connectivity index (χ0v) is 12.7. The van der Waals surface area contributed by atoms with Crippen LogP contribution in [0.25, 0.3) is 0 Å².